The van der Waals surface area contributed by atoms with Crippen molar-refractivity contribution >= 4 is 11.9 Å². The van der Waals surface area contributed by atoms with Crippen LogP contribution >= 0.6 is 0 Å². The number of nitrogens with one attached hydrogen (secondary N) is 2. The van der Waals surface area contributed by atoms with Gasteiger partial charge >= 0.3 is 5.97 Å². The standard InChI is InChI=1S/C11H17N3O3/c1-3-4-13-10(15)8(2)14-6-5-12-7-9(14)11(16)17/h1,8-9,12H,4-7H2,2H3,(H,13,15)(H,16,17). The number of carboxylic acids is 1. The molecule has 1 rings (SSSR count). The van der Waals surface area contributed by atoms with Gasteiger partial charge in [0.2, 0.25) is 5.91 Å². The van der Waals surface area contributed by atoms with E-state index >= 15 is 0 Å². The minimum absolute atomic E-state index is 0.160. The highest BCUT2D eigenvalue weighted by molar-refractivity contribution is 5.83. The number of hydrogen-bond acceptors (Lipinski definition) is 4. The Labute approximate surface area is 100 Å². The van der Waals surface area contributed by atoms with E-state index in [1.54, 1.807) is 11.8 Å². The SMILES string of the molecule is C#CCNC(=O)C(C)N1CCNCC1C(=O)O. The molecule has 0 bridgehead atoms. The zero-order valence-electron chi connectivity index (χ0n) is 9.77. The summed E-state index contributed by atoms with van der Waals surface area (Å²) < 4.78 is 0. The lowest BCUT2D eigenvalue weighted by molar-refractivity contribution is -0.146. The molecule has 0 aromatic carbocycles. The molecule has 0 spiro atoms. The van der Waals surface area contributed by atoms with Gasteiger partial charge in [0.1, 0.15) is 6.04 Å². The second kappa shape index (κ2) is 6.23. The van der Waals surface area contributed by atoms with Crippen LogP contribution in [0.5, 0.6) is 0 Å². The number of aliphatic carboxylic acids is 1. The molecule has 2 unspecified atom stereocenters. The van der Waals surface area contributed by atoms with Gasteiger partial charge in [0.15, 0.2) is 0 Å². The molecular weight excluding hydrogens is 222 g/mol. The van der Waals surface area contributed by atoms with Crippen LogP contribution in [-0.2, 0) is 9.59 Å². The first-order valence-electron chi connectivity index (χ1n) is 5.48. The smallest absolute Gasteiger partial charge is 0.322 e. The first-order chi connectivity index (χ1) is 8.07. The van der Waals surface area contributed by atoms with E-state index in [0.29, 0.717) is 19.6 Å². The lowest BCUT2D eigenvalue weighted by atomic mass is 10.1. The molecule has 6 heteroatoms. The monoisotopic (exact) mass is 239 g/mol. The molecule has 6 nitrogen and oxygen atoms in total. The Balaban J connectivity index is 2.64. The molecule has 1 aliphatic rings. The summed E-state index contributed by atoms with van der Waals surface area (Å²) in [6, 6.07) is -1.16. The number of nitrogens with zero attached hydrogens (tertiary/aromatic N) is 1. The van der Waals surface area contributed by atoms with Gasteiger partial charge in [-0.3, -0.25) is 14.5 Å². The minimum atomic E-state index is -0.922. The van der Waals surface area contributed by atoms with Crippen molar-refractivity contribution in [2.24, 2.45) is 0 Å². The number of carbonyl (C=O) groups is 2. The van der Waals surface area contributed by atoms with Crippen LogP contribution in [0.15, 0.2) is 0 Å². The van der Waals surface area contributed by atoms with E-state index in [2.05, 4.69) is 16.6 Å². The van der Waals surface area contributed by atoms with Crippen molar-refractivity contribution in [3.8, 4) is 12.3 Å². The van der Waals surface area contributed by atoms with Crippen molar-refractivity contribution in [3.05, 3.63) is 0 Å². The Kier molecular flexibility index (Phi) is 4.94. The van der Waals surface area contributed by atoms with Gasteiger partial charge in [-0.15, -0.1) is 6.42 Å². The molecular formula is C11H17N3O3. The van der Waals surface area contributed by atoms with E-state index in [-0.39, 0.29) is 12.5 Å². The lowest BCUT2D eigenvalue weighted by Crippen LogP contribution is -2.60. The predicted molar refractivity (Wildman–Crippen MR) is 62.3 cm³/mol. The maximum Gasteiger partial charge on any atom is 0.322 e. The molecule has 94 valence electrons. The Morgan fingerprint density at radius 1 is 1.71 bits per heavy atom. The summed E-state index contributed by atoms with van der Waals surface area (Å²) in [5, 5.41) is 14.6. The second-order valence-electron chi connectivity index (χ2n) is 3.89. The van der Waals surface area contributed by atoms with Gasteiger partial charge in [0, 0.05) is 19.6 Å². The van der Waals surface area contributed by atoms with Gasteiger partial charge in [0.25, 0.3) is 0 Å². The van der Waals surface area contributed by atoms with Crippen LogP contribution < -0.4 is 10.6 Å². The third-order valence-electron chi connectivity index (χ3n) is 2.81. The summed E-state index contributed by atoms with van der Waals surface area (Å²) in [6.45, 7) is 3.40. The average molecular weight is 239 g/mol. The lowest BCUT2D eigenvalue weighted by Gasteiger charge is -2.36. The number of carboxylic acid groups (broad SMARTS) is 1. The van der Waals surface area contributed by atoms with Crippen molar-refractivity contribution in [1.29, 1.82) is 0 Å². The van der Waals surface area contributed by atoms with E-state index in [4.69, 9.17) is 11.5 Å². The fraction of sp³-hybridized carbons (Fsp3) is 0.636. The van der Waals surface area contributed by atoms with E-state index in [1.165, 1.54) is 0 Å². The van der Waals surface area contributed by atoms with Gasteiger partial charge < -0.3 is 15.7 Å². The molecule has 1 aliphatic heterocycles. The zero-order chi connectivity index (χ0) is 12.8. The maximum absolute atomic E-state index is 11.7. The normalized spacial score (nSPS) is 22.5. The number of hydrogen-bond donors (Lipinski definition) is 3. The summed E-state index contributed by atoms with van der Waals surface area (Å²) >= 11 is 0. The van der Waals surface area contributed by atoms with Crippen molar-refractivity contribution in [2.75, 3.05) is 26.2 Å². The van der Waals surface area contributed by atoms with Gasteiger partial charge in [-0.05, 0) is 6.92 Å². The molecule has 1 fully saturated rings. The quantitative estimate of drug-likeness (QED) is 0.519. The van der Waals surface area contributed by atoms with E-state index < -0.39 is 18.1 Å². The molecule has 1 saturated heterocycles. The van der Waals surface area contributed by atoms with Crippen LogP contribution in [-0.4, -0.2) is 60.1 Å². The van der Waals surface area contributed by atoms with Crippen molar-refractivity contribution in [3.63, 3.8) is 0 Å². The van der Waals surface area contributed by atoms with Crippen LogP contribution in [0.4, 0.5) is 0 Å². The van der Waals surface area contributed by atoms with Crippen LogP contribution in [0.1, 0.15) is 6.92 Å². The van der Waals surface area contributed by atoms with E-state index in [0.717, 1.165) is 0 Å². The Hall–Kier alpha value is -1.58. The largest absolute Gasteiger partial charge is 0.480 e. The molecule has 0 aromatic heterocycles. The third-order valence-corrected chi connectivity index (χ3v) is 2.81. The number of amides is 1. The molecule has 0 aliphatic carbocycles. The summed E-state index contributed by atoms with van der Waals surface area (Å²) in [5.41, 5.74) is 0. The van der Waals surface area contributed by atoms with E-state index in [9.17, 15) is 9.59 Å². The van der Waals surface area contributed by atoms with Crippen LogP contribution in [0, 0.1) is 12.3 Å². The summed E-state index contributed by atoms with van der Waals surface area (Å²) in [5.74, 6) is 1.15. The molecule has 1 amide bonds. The van der Waals surface area contributed by atoms with Crippen LogP contribution in [0.3, 0.4) is 0 Å². The molecule has 2 atom stereocenters. The van der Waals surface area contributed by atoms with Crippen LogP contribution in [0.25, 0.3) is 0 Å². The molecule has 3 N–H and O–H groups in total. The number of rotatable bonds is 4. The van der Waals surface area contributed by atoms with Gasteiger partial charge in [-0.25, -0.2) is 0 Å². The van der Waals surface area contributed by atoms with E-state index in [1.807, 2.05) is 0 Å². The van der Waals surface area contributed by atoms with Crippen molar-refractivity contribution in [2.45, 2.75) is 19.0 Å². The molecule has 0 aromatic rings. The topological polar surface area (TPSA) is 81.7 Å². The Morgan fingerprint density at radius 3 is 3.00 bits per heavy atom. The molecule has 17 heavy (non-hydrogen) atoms. The highest BCUT2D eigenvalue weighted by Gasteiger charge is 2.34. The highest BCUT2D eigenvalue weighted by atomic mass is 16.4. The molecule has 0 radical (unpaired) electrons. The van der Waals surface area contributed by atoms with Crippen molar-refractivity contribution in [1.82, 2.24) is 15.5 Å². The fourth-order valence-electron chi connectivity index (χ4n) is 1.85. The summed E-state index contributed by atoms with van der Waals surface area (Å²) in [6.07, 6.45) is 5.05. The Morgan fingerprint density at radius 2 is 2.41 bits per heavy atom. The second-order valence-corrected chi connectivity index (χ2v) is 3.89. The third kappa shape index (κ3) is 3.44. The average Bonchev–Trinajstić information content (AvgIpc) is 2.34. The number of carbonyl (C=O) groups excluding carboxylic acids is 1. The predicted octanol–water partition coefficient (Wildman–Crippen LogP) is -1.52. The first kappa shape index (κ1) is 13.5. The van der Waals surface area contributed by atoms with Crippen LogP contribution in [0.2, 0.25) is 0 Å². The van der Waals surface area contributed by atoms with Gasteiger partial charge in [0.05, 0.1) is 12.6 Å². The van der Waals surface area contributed by atoms with Crippen molar-refractivity contribution < 1.29 is 14.7 Å². The minimum Gasteiger partial charge on any atom is -0.480 e. The van der Waals surface area contributed by atoms with Gasteiger partial charge in [-0.1, -0.05) is 5.92 Å². The summed E-state index contributed by atoms with van der Waals surface area (Å²) in [4.78, 5) is 24.4. The summed E-state index contributed by atoms with van der Waals surface area (Å²) in [7, 11) is 0. The molecule has 0 saturated carbocycles. The first-order valence-corrected chi connectivity index (χ1v) is 5.48. The Bertz CT molecular complexity index is 337. The zero-order valence-corrected chi connectivity index (χ0v) is 9.77. The highest BCUT2D eigenvalue weighted by Crippen LogP contribution is 2.09. The fourth-order valence-corrected chi connectivity index (χ4v) is 1.85. The molecule has 1 heterocycles. The maximum atomic E-state index is 11.7. The number of piperazine rings is 1. The van der Waals surface area contributed by atoms with Gasteiger partial charge in [-0.2, -0.15) is 0 Å². The number of terminal acetylenes is 1.